The summed E-state index contributed by atoms with van der Waals surface area (Å²) in [4.78, 5) is 7.64. The first-order valence-corrected chi connectivity index (χ1v) is 12.5. The third kappa shape index (κ3) is 8.00. The Morgan fingerprint density at radius 3 is 2.43 bits per heavy atom. The van der Waals surface area contributed by atoms with Crippen LogP contribution >= 0.6 is 24.0 Å². The minimum Gasteiger partial charge on any atom is -0.357 e. The molecular formula is C22H39IN4O2S. The lowest BCUT2D eigenvalue weighted by Crippen LogP contribution is -2.51. The summed E-state index contributed by atoms with van der Waals surface area (Å²) in [6.07, 6.45) is 7.01. The first-order valence-electron chi connectivity index (χ1n) is 10.6. The summed E-state index contributed by atoms with van der Waals surface area (Å²) in [7, 11) is 1.20. The molecule has 0 aromatic heterocycles. The minimum atomic E-state index is -3.14. The zero-order valence-electron chi connectivity index (χ0n) is 19.1. The molecule has 0 bridgehead atoms. The van der Waals surface area contributed by atoms with Crippen LogP contribution in [0.2, 0.25) is 0 Å². The van der Waals surface area contributed by atoms with Gasteiger partial charge in [0.2, 0.25) is 0 Å². The predicted octanol–water partition coefficient (Wildman–Crippen LogP) is 3.32. The lowest BCUT2D eigenvalue weighted by molar-refractivity contribution is 0.0845. The highest BCUT2D eigenvalue weighted by Gasteiger charge is 2.36. The number of nitrogens with zero attached hydrogens (tertiary/aromatic N) is 2. The van der Waals surface area contributed by atoms with Crippen molar-refractivity contribution in [1.29, 1.82) is 0 Å². The van der Waals surface area contributed by atoms with E-state index in [0.717, 1.165) is 43.5 Å². The maximum absolute atomic E-state index is 11.6. The second kappa shape index (κ2) is 12.2. The highest BCUT2D eigenvalue weighted by molar-refractivity contribution is 14.0. The van der Waals surface area contributed by atoms with E-state index >= 15 is 0 Å². The Bertz CT molecular complexity index is 781. The molecule has 0 spiro atoms. The van der Waals surface area contributed by atoms with Crippen molar-refractivity contribution in [2.75, 3.05) is 40.0 Å². The van der Waals surface area contributed by atoms with Gasteiger partial charge >= 0.3 is 0 Å². The Balaban J connectivity index is 0.00000450. The zero-order valence-corrected chi connectivity index (χ0v) is 22.2. The number of hydrogen-bond acceptors (Lipinski definition) is 4. The predicted molar refractivity (Wildman–Crippen MR) is 137 cm³/mol. The first-order chi connectivity index (χ1) is 13.7. The summed E-state index contributed by atoms with van der Waals surface area (Å²) in [5.74, 6) is 1.59. The van der Waals surface area contributed by atoms with Gasteiger partial charge in [0.15, 0.2) is 15.8 Å². The Labute approximate surface area is 200 Å². The number of halogens is 1. The third-order valence-electron chi connectivity index (χ3n) is 5.95. The third-order valence-corrected chi connectivity index (χ3v) is 7.08. The summed E-state index contributed by atoms with van der Waals surface area (Å²) in [5.41, 5.74) is 1.24. The molecule has 0 heterocycles. The van der Waals surface area contributed by atoms with E-state index < -0.39 is 9.84 Å². The van der Waals surface area contributed by atoms with Gasteiger partial charge in [0, 0.05) is 24.9 Å². The van der Waals surface area contributed by atoms with Crippen molar-refractivity contribution in [3.63, 3.8) is 0 Å². The summed E-state index contributed by atoms with van der Waals surface area (Å²) in [6.45, 7) is 6.78. The fourth-order valence-electron chi connectivity index (χ4n) is 4.12. The molecule has 2 rings (SSSR count). The quantitative estimate of drug-likeness (QED) is 0.295. The van der Waals surface area contributed by atoms with Gasteiger partial charge in [-0.2, -0.15) is 0 Å². The Hall–Kier alpha value is -0.870. The van der Waals surface area contributed by atoms with E-state index in [-0.39, 0.29) is 29.5 Å². The molecule has 172 valence electrons. The van der Waals surface area contributed by atoms with Crippen molar-refractivity contribution >= 4 is 39.8 Å². The van der Waals surface area contributed by atoms with Gasteiger partial charge in [-0.1, -0.05) is 31.9 Å². The second-order valence-corrected chi connectivity index (χ2v) is 10.6. The van der Waals surface area contributed by atoms with E-state index in [4.69, 9.17) is 4.99 Å². The second-order valence-electron chi connectivity index (χ2n) is 8.61. The van der Waals surface area contributed by atoms with E-state index in [1.54, 1.807) is 12.1 Å². The fourth-order valence-corrected chi connectivity index (χ4v) is 4.75. The lowest BCUT2D eigenvalue weighted by Gasteiger charge is -2.44. The highest BCUT2D eigenvalue weighted by atomic mass is 127. The normalized spacial score (nSPS) is 22.5. The Morgan fingerprint density at radius 1 is 1.23 bits per heavy atom. The van der Waals surface area contributed by atoms with Crippen molar-refractivity contribution in [3.8, 4) is 0 Å². The molecular weight excluding hydrogens is 511 g/mol. The highest BCUT2D eigenvalue weighted by Crippen LogP contribution is 2.35. The molecule has 2 atom stereocenters. The summed E-state index contributed by atoms with van der Waals surface area (Å²) >= 11 is 0. The standard InChI is InChI=1S/C22H38N4O2S.HI/c1-6-23-21(25-17-22(26(3)4)14-7-8-18(2)16-22)24-15-13-19-9-11-20(12-10-19)29(5,27)28;/h9-12,18H,6-8,13-17H2,1-5H3,(H2,23,24,25);1H. The van der Waals surface area contributed by atoms with E-state index in [2.05, 4.69) is 43.5 Å². The van der Waals surface area contributed by atoms with Gasteiger partial charge in [0.25, 0.3) is 0 Å². The average Bonchev–Trinajstić information content (AvgIpc) is 2.65. The van der Waals surface area contributed by atoms with Gasteiger partial charge < -0.3 is 15.5 Å². The van der Waals surface area contributed by atoms with Crippen molar-refractivity contribution in [2.24, 2.45) is 10.9 Å². The topological polar surface area (TPSA) is 73.8 Å². The number of rotatable bonds is 8. The van der Waals surface area contributed by atoms with Gasteiger partial charge in [0.05, 0.1) is 11.4 Å². The lowest BCUT2D eigenvalue weighted by atomic mass is 9.75. The van der Waals surface area contributed by atoms with E-state index in [1.807, 2.05) is 12.1 Å². The number of guanidine groups is 1. The molecule has 1 aromatic carbocycles. The molecule has 2 unspecified atom stereocenters. The van der Waals surface area contributed by atoms with Gasteiger partial charge in [0.1, 0.15) is 0 Å². The minimum absolute atomic E-state index is 0. The van der Waals surface area contributed by atoms with E-state index in [0.29, 0.717) is 4.90 Å². The van der Waals surface area contributed by atoms with E-state index in [9.17, 15) is 8.42 Å². The van der Waals surface area contributed by atoms with Gasteiger partial charge in [-0.05, 0) is 63.9 Å². The SMILES string of the molecule is CCNC(=NCC1(N(C)C)CCCC(C)C1)NCCc1ccc(S(C)(=O)=O)cc1.I. The molecule has 0 amide bonds. The molecule has 30 heavy (non-hydrogen) atoms. The smallest absolute Gasteiger partial charge is 0.191 e. The van der Waals surface area contributed by atoms with Crippen LogP contribution in [0.1, 0.15) is 45.1 Å². The summed E-state index contributed by atoms with van der Waals surface area (Å²) in [6, 6.07) is 7.11. The average molecular weight is 551 g/mol. The monoisotopic (exact) mass is 550 g/mol. The van der Waals surface area contributed by atoms with E-state index in [1.165, 1.54) is 31.9 Å². The van der Waals surface area contributed by atoms with Gasteiger partial charge in [-0.25, -0.2) is 8.42 Å². The molecule has 0 aliphatic heterocycles. The van der Waals surface area contributed by atoms with Crippen molar-refractivity contribution in [1.82, 2.24) is 15.5 Å². The van der Waals surface area contributed by atoms with Crippen LogP contribution in [-0.2, 0) is 16.3 Å². The van der Waals surface area contributed by atoms with Crippen LogP contribution in [0.25, 0.3) is 0 Å². The first kappa shape index (κ1) is 27.2. The van der Waals surface area contributed by atoms with Crippen LogP contribution in [-0.4, -0.2) is 64.8 Å². The summed E-state index contributed by atoms with van der Waals surface area (Å²) < 4.78 is 23.2. The van der Waals surface area contributed by atoms with Crippen LogP contribution < -0.4 is 10.6 Å². The van der Waals surface area contributed by atoms with Crippen molar-refractivity contribution in [2.45, 2.75) is 56.4 Å². The van der Waals surface area contributed by atoms with Crippen LogP contribution in [0.3, 0.4) is 0 Å². The maximum Gasteiger partial charge on any atom is 0.191 e. The van der Waals surface area contributed by atoms with Crippen LogP contribution in [0.5, 0.6) is 0 Å². The molecule has 1 aliphatic carbocycles. The van der Waals surface area contributed by atoms with Crippen molar-refractivity contribution in [3.05, 3.63) is 29.8 Å². The van der Waals surface area contributed by atoms with Crippen molar-refractivity contribution < 1.29 is 8.42 Å². The van der Waals surface area contributed by atoms with Crippen LogP contribution in [0.4, 0.5) is 0 Å². The molecule has 1 fully saturated rings. The number of benzene rings is 1. The largest absolute Gasteiger partial charge is 0.357 e. The van der Waals surface area contributed by atoms with Crippen LogP contribution in [0, 0.1) is 5.92 Å². The number of likely N-dealkylation sites (N-methyl/N-ethyl adjacent to an activating group) is 1. The molecule has 1 aromatic rings. The van der Waals surface area contributed by atoms with Gasteiger partial charge in [-0.3, -0.25) is 4.99 Å². The molecule has 8 heteroatoms. The molecule has 0 saturated heterocycles. The number of sulfone groups is 1. The zero-order chi connectivity index (χ0) is 21.5. The number of nitrogens with one attached hydrogen (secondary N) is 2. The molecule has 0 radical (unpaired) electrons. The van der Waals surface area contributed by atoms with Gasteiger partial charge in [-0.15, -0.1) is 24.0 Å². The van der Waals surface area contributed by atoms with Crippen LogP contribution in [0.15, 0.2) is 34.2 Å². The molecule has 1 saturated carbocycles. The maximum atomic E-state index is 11.6. The Morgan fingerprint density at radius 2 is 1.90 bits per heavy atom. The summed E-state index contributed by atoms with van der Waals surface area (Å²) in [5, 5.41) is 6.77. The molecule has 1 aliphatic rings. The molecule has 6 nitrogen and oxygen atoms in total. The Kier molecular flexibility index (Phi) is 11.1. The number of hydrogen-bond donors (Lipinski definition) is 2. The fraction of sp³-hybridized carbons (Fsp3) is 0.682. The number of aliphatic imine (C=N–C) groups is 1. The molecule has 2 N–H and O–H groups in total.